The molecule has 2 amide bonds. The number of amides is 2. The van der Waals surface area contributed by atoms with Crippen LogP contribution in [0, 0.1) is 5.92 Å². The quantitative estimate of drug-likeness (QED) is 0.929. The first kappa shape index (κ1) is 15.4. The van der Waals surface area contributed by atoms with Crippen LogP contribution in [0.15, 0.2) is 24.3 Å². The standard InChI is InChI=1S/C16H22N2O3/c1-10(2)14(17-16(20)21-4)15(19)18-11(3)9-12-7-5-6-8-13(12)18/h5-8,10-11,14H,9H2,1-4H3,(H,17,20)/t11?,14-/m0/s1. The van der Waals surface area contributed by atoms with E-state index in [1.807, 2.05) is 45.0 Å². The second kappa shape index (κ2) is 6.16. The van der Waals surface area contributed by atoms with Gasteiger partial charge in [-0.05, 0) is 30.9 Å². The first-order chi connectivity index (χ1) is 9.95. The first-order valence-electron chi connectivity index (χ1n) is 7.21. The minimum atomic E-state index is -0.592. The molecule has 1 aliphatic rings. The van der Waals surface area contributed by atoms with E-state index >= 15 is 0 Å². The van der Waals surface area contributed by atoms with E-state index in [1.54, 1.807) is 4.90 Å². The Balaban J connectivity index is 2.27. The second-order valence-corrected chi connectivity index (χ2v) is 5.75. The van der Waals surface area contributed by atoms with Crippen molar-refractivity contribution in [2.24, 2.45) is 5.92 Å². The molecular formula is C16H22N2O3. The van der Waals surface area contributed by atoms with Gasteiger partial charge in [-0.3, -0.25) is 4.79 Å². The average molecular weight is 290 g/mol. The maximum Gasteiger partial charge on any atom is 0.407 e. The summed E-state index contributed by atoms with van der Waals surface area (Å²) in [5, 5.41) is 2.64. The topological polar surface area (TPSA) is 58.6 Å². The number of methoxy groups -OCH3 is 1. The third-order valence-electron chi connectivity index (χ3n) is 3.84. The fourth-order valence-electron chi connectivity index (χ4n) is 2.75. The Kier molecular flexibility index (Phi) is 4.50. The SMILES string of the molecule is COC(=O)N[C@H](C(=O)N1c2ccccc2CC1C)C(C)C. The van der Waals surface area contributed by atoms with Gasteiger partial charge in [0.15, 0.2) is 0 Å². The Morgan fingerprint density at radius 3 is 2.62 bits per heavy atom. The van der Waals surface area contributed by atoms with Gasteiger partial charge in [0.2, 0.25) is 5.91 Å². The lowest BCUT2D eigenvalue weighted by atomic mass is 10.0. The van der Waals surface area contributed by atoms with Crippen LogP contribution in [0.1, 0.15) is 26.3 Å². The van der Waals surface area contributed by atoms with Crippen molar-refractivity contribution in [1.82, 2.24) is 5.32 Å². The summed E-state index contributed by atoms with van der Waals surface area (Å²) < 4.78 is 4.62. The largest absolute Gasteiger partial charge is 0.453 e. The number of fused-ring (bicyclic) bond motifs is 1. The van der Waals surface area contributed by atoms with Crippen molar-refractivity contribution in [2.75, 3.05) is 12.0 Å². The number of benzene rings is 1. The van der Waals surface area contributed by atoms with E-state index < -0.39 is 12.1 Å². The molecule has 1 N–H and O–H groups in total. The van der Waals surface area contributed by atoms with Crippen molar-refractivity contribution in [3.63, 3.8) is 0 Å². The molecule has 0 aliphatic carbocycles. The molecule has 0 saturated carbocycles. The van der Waals surface area contributed by atoms with Gasteiger partial charge in [0, 0.05) is 11.7 Å². The van der Waals surface area contributed by atoms with E-state index in [4.69, 9.17) is 0 Å². The van der Waals surface area contributed by atoms with Crippen LogP contribution in [-0.2, 0) is 16.0 Å². The summed E-state index contributed by atoms with van der Waals surface area (Å²) in [6, 6.07) is 7.40. The maximum absolute atomic E-state index is 12.9. The minimum absolute atomic E-state index is 0.0171. The molecule has 21 heavy (non-hydrogen) atoms. The van der Waals surface area contributed by atoms with Crippen molar-refractivity contribution in [2.45, 2.75) is 39.3 Å². The Hall–Kier alpha value is -2.04. The van der Waals surface area contributed by atoms with Crippen LogP contribution < -0.4 is 10.2 Å². The van der Waals surface area contributed by atoms with E-state index in [2.05, 4.69) is 10.1 Å². The average Bonchev–Trinajstić information content (AvgIpc) is 2.79. The number of anilines is 1. The molecule has 1 heterocycles. The molecule has 5 heteroatoms. The zero-order valence-corrected chi connectivity index (χ0v) is 12.9. The molecule has 1 aromatic carbocycles. The van der Waals surface area contributed by atoms with E-state index in [0.717, 1.165) is 12.1 Å². The third-order valence-corrected chi connectivity index (χ3v) is 3.84. The van der Waals surface area contributed by atoms with Gasteiger partial charge in [-0.2, -0.15) is 0 Å². The van der Waals surface area contributed by atoms with Gasteiger partial charge in [0.25, 0.3) is 0 Å². The molecule has 114 valence electrons. The number of nitrogens with one attached hydrogen (secondary N) is 1. The first-order valence-corrected chi connectivity index (χ1v) is 7.21. The van der Waals surface area contributed by atoms with Gasteiger partial charge in [0.1, 0.15) is 6.04 Å². The summed E-state index contributed by atoms with van der Waals surface area (Å²) in [5.74, 6) is -0.107. The van der Waals surface area contributed by atoms with Crippen LogP contribution in [0.2, 0.25) is 0 Å². The van der Waals surface area contributed by atoms with Gasteiger partial charge in [-0.25, -0.2) is 4.79 Å². The van der Waals surface area contributed by atoms with Crippen molar-refractivity contribution >= 4 is 17.7 Å². The predicted octanol–water partition coefficient (Wildman–Crippen LogP) is 2.34. The molecule has 1 unspecified atom stereocenters. The summed E-state index contributed by atoms with van der Waals surface area (Å²) in [5.41, 5.74) is 2.10. The molecular weight excluding hydrogens is 268 g/mol. The minimum Gasteiger partial charge on any atom is -0.453 e. The van der Waals surface area contributed by atoms with E-state index in [1.165, 1.54) is 12.7 Å². The van der Waals surface area contributed by atoms with Gasteiger partial charge in [0.05, 0.1) is 7.11 Å². The lowest BCUT2D eigenvalue weighted by Gasteiger charge is -2.29. The number of hydrogen-bond acceptors (Lipinski definition) is 3. The molecule has 0 fully saturated rings. The smallest absolute Gasteiger partial charge is 0.407 e. The molecule has 0 bridgehead atoms. The molecule has 2 atom stereocenters. The van der Waals surface area contributed by atoms with Crippen LogP contribution in [0.25, 0.3) is 0 Å². The predicted molar refractivity (Wildman–Crippen MR) is 81.3 cm³/mol. The zero-order valence-electron chi connectivity index (χ0n) is 12.9. The highest BCUT2D eigenvalue weighted by Gasteiger charge is 2.36. The monoisotopic (exact) mass is 290 g/mol. The van der Waals surface area contributed by atoms with Crippen molar-refractivity contribution in [3.8, 4) is 0 Å². The summed E-state index contributed by atoms with van der Waals surface area (Å²) in [6.45, 7) is 5.84. The van der Waals surface area contributed by atoms with Crippen molar-refractivity contribution in [3.05, 3.63) is 29.8 Å². The highest BCUT2D eigenvalue weighted by molar-refractivity contribution is 6.01. The second-order valence-electron chi connectivity index (χ2n) is 5.75. The number of alkyl carbamates (subject to hydrolysis) is 1. The normalized spacial score (nSPS) is 18.3. The maximum atomic E-state index is 12.9. The summed E-state index contributed by atoms with van der Waals surface area (Å²) in [6.07, 6.45) is 0.257. The lowest BCUT2D eigenvalue weighted by Crippen LogP contribution is -2.52. The van der Waals surface area contributed by atoms with Crippen molar-refractivity contribution < 1.29 is 14.3 Å². The number of para-hydroxylation sites is 1. The van der Waals surface area contributed by atoms with E-state index in [9.17, 15) is 9.59 Å². The fraction of sp³-hybridized carbons (Fsp3) is 0.500. The van der Waals surface area contributed by atoms with Crippen LogP contribution in [0.5, 0.6) is 0 Å². The molecule has 5 nitrogen and oxygen atoms in total. The summed E-state index contributed by atoms with van der Waals surface area (Å²) >= 11 is 0. The highest BCUT2D eigenvalue weighted by Crippen LogP contribution is 2.32. The van der Waals surface area contributed by atoms with Gasteiger partial charge in [-0.1, -0.05) is 32.0 Å². The van der Waals surface area contributed by atoms with Crippen LogP contribution in [0.3, 0.4) is 0 Å². The summed E-state index contributed by atoms with van der Waals surface area (Å²) in [7, 11) is 1.30. The van der Waals surface area contributed by atoms with Crippen molar-refractivity contribution in [1.29, 1.82) is 0 Å². The van der Waals surface area contributed by atoms with Gasteiger partial charge in [-0.15, -0.1) is 0 Å². The molecule has 2 rings (SSSR count). The van der Waals surface area contributed by atoms with Crippen LogP contribution >= 0.6 is 0 Å². The summed E-state index contributed by atoms with van der Waals surface area (Å²) in [4.78, 5) is 26.1. The third kappa shape index (κ3) is 3.01. The number of carbonyl (C=O) groups excluding carboxylic acids is 2. The van der Waals surface area contributed by atoms with Crippen LogP contribution in [-0.4, -0.2) is 31.2 Å². The highest BCUT2D eigenvalue weighted by atomic mass is 16.5. The van der Waals surface area contributed by atoms with Crippen LogP contribution in [0.4, 0.5) is 10.5 Å². The Bertz CT molecular complexity index is 542. The molecule has 1 aliphatic heterocycles. The van der Waals surface area contributed by atoms with E-state index in [-0.39, 0.29) is 17.9 Å². The number of ether oxygens (including phenoxy) is 1. The van der Waals surface area contributed by atoms with E-state index in [0.29, 0.717) is 0 Å². The Morgan fingerprint density at radius 1 is 1.33 bits per heavy atom. The molecule has 0 saturated heterocycles. The molecule has 1 aromatic rings. The van der Waals surface area contributed by atoms with Gasteiger partial charge < -0.3 is 15.0 Å². The molecule has 0 spiro atoms. The Morgan fingerprint density at radius 2 is 2.00 bits per heavy atom. The number of hydrogen-bond donors (Lipinski definition) is 1. The molecule has 0 aromatic heterocycles. The van der Waals surface area contributed by atoms with Gasteiger partial charge >= 0.3 is 6.09 Å². The molecule has 0 radical (unpaired) electrons. The zero-order chi connectivity index (χ0) is 15.6. The Labute approximate surface area is 125 Å². The fourth-order valence-corrected chi connectivity index (χ4v) is 2.75. The lowest BCUT2D eigenvalue weighted by molar-refractivity contribution is -0.121. The number of nitrogens with zero attached hydrogens (tertiary/aromatic N) is 1. The number of carbonyl (C=O) groups is 2. The number of rotatable bonds is 3.